The van der Waals surface area contributed by atoms with E-state index in [9.17, 15) is 14.4 Å². The van der Waals surface area contributed by atoms with E-state index in [1.165, 1.54) is 11.9 Å². The molecule has 0 N–H and O–H groups in total. The van der Waals surface area contributed by atoms with Gasteiger partial charge in [0.2, 0.25) is 0 Å². The van der Waals surface area contributed by atoms with Gasteiger partial charge in [0, 0.05) is 29.5 Å². The van der Waals surface area contributed by atoms with Crippen LogP contribution in [0.3, 0.4) is 0 Å². The molecule has 158 valence electrons. The lowest BCUT2D eigenvalue weighted by Gasteiger charge is -2.43. The SMILES string of the molecule is CC(C(=O)OOC(=O)N(C)C1(c2ccccc2Cl)CCCCC1=O)C1(C)COC1. The number of rotatable bonds is 4. The molecule has 2 fully saturated rings. The van der Waals surface area contributed by atoms with Gasteiger partial charge in [0.1, 0.15) is 5.54 Å². The topological polar surface area (TPSA) is 82.1 Å². The number of carbonyl (C=O) groups excluding carboxylic acids is 3. The van der Waals surface area contributed by atoms with Crippen molar-refractivity contribution >= 4 is 29.4 Å². The number of hydrogen-bond acceptors (Lipinski definition) is 6. The number of likely N-dealkylation sites (N-methyl/N-ethyl adjacent to an activating group) is 1. The maximum atomic E-state index is 13.0. The number of ketones is 1. The van der Waals surface area contributed by atoms with Gasteiger partial charge >= 0.3 is 12.1 Å². The van der Waals surface area contributed by atoms with E-state index in [4.69, 9.17) is 26.1 Å². The molecule has 1 saturated heterocycles. The van der Waals surface area contributed by atoms with Gasteiger partial charge in [0.15, 0.2) is 5.78 Å². The fraction of sp³-hybridized carbons (Fsp3) is 0.571. The van der Waals surface area contributed by atoms with E-state index in [0.717, 1.165) is 12.8 Å². The molecule has 1 aliphatic heterocycles. The minimum atomic E-state index is -1.25. The van der Waals surface area contributed by atoms with Gasteiger partial charge in [-0.2, -0.15) is 0 Å². The zero-order valence-electron chi connectivity index (χ0n) is 16.9. The van der Waals surface area contributed by atoms with Crippen LogP contribution in [-0.2, 0) is 29.6 Å². The van der Waals surface area contributed by atoms with Crippen molar-refractivity contribution in [2.24, 2.45) is 11.3 Å². The lowest BCUT2D eigenvalue weighted by atomic mass is 9.74. The first kappa shape index (κ1) is 21.6. The number of amides is 1. The molecule has 3 rings (SSSR count). The highest BCUT2D eigenvalue weighted by Crippen LogP contribution is 2.42. The maximum Gasteiger partial charge on any atom is 0.453 e. The molecule has 8 heteroatoms. The van der Waals surface area contributed by atoms with Crippen LogP contribution in [0.5, 0.6) is 0 Å². The molecule has 7 nitrogen and oxygen atoms in total. The third kappa shape index (κ3) is 3.85. The fourth-order valence-electron chi connectivity index (χ4n) is 3.95. The highest BCUT2D eigenvalue weighted by atomic mass is 35.5. The van der Waals surface area contributed by atoms with E-state index in [1.807, 2.05) is 6.92 Å². The van der Waals surface area contributed by atoms with E-state index in [1.54, 1.807) is 31.2 Å². The summed E-state index contributed by atoms with van der Waals surface area (Å²) in [6, 6.07) is 6.95. The van der Waals surface area contributed by atoms with Crippen molar-refractivity contribution in [2.45, 2.75) is 45.1 Å². The highest BCUT2D eigenvalue weighted by Gasteiger charge is 2.49. The molecule has 1 aromatic carbocycles. The van der Waals surface area contributed by atoms with Crippen molar-refractivity contribution < 1.29 is 28.9 Å². The van der Waals surface area contributed by atoms with E-state index in [0.29, 0.717) is 36.6 Å². The molecule has 0 spiro atoms. The maximum absolute atomic E-state index is 13.0. The van der Waals surface area contributed by atoms with Gasteiger partial charge in [-0.05, 0) is 25.3 Å². The minimum Gasteiger partial charge on any atom is -0.380 e. The van der Waals surface area contributed by atoms with Crippen LogP contribution in [0.15, 0.2) is 24.3 Å². The molecule has 0 aromatic heterocycles. The van der Waals surface area contributed by atoms with Crippen LogP contribution >= 0.6 is 11.6 Å². The first-order valence-corrected chi connectivity index (χ1v) is 10.1. The van der Waals surface area contributed by atoms with Gasteiger partial charge < -0.3 is 4.74 Å². The Hall–Kier alpha value is -2.12. The zero-order valence-corrected chi connectivity index (χ0v) is 17.7. The second-order valence-corrected chi connectivity index (χ2v) is 8.56. The van der Waals surface area contributed by atoms with Crippen molar-refractivity contribution in [3.63, 3.8) is 0 Å². The Labute approximate surface area is 175 Å². The third-order valence-corrected chi connectivity index (χ3v) is 6.61. The van der Waals surface area contributed by atoms with Crippen LogP contribution in [0.1, 0.15) is 45.1 Å². The summed E-state index contributed by atoms with van der Waals surface area (Å²) in [6.07, 6.45) is 1.33. The van der Waals surface area contributed by atoms with Crippen LogP contribution in [0.4, 0.5) is 4.79 Å². The molecule has 2 atom stereocenters. The van der Waals surface area contributed by atoms with Crippen molar-refractivity contribution in [1.29, 1.82) is 0 Å². The number of carbonyl (C=O) groups is 3. The van der Waals surface area contributed by atoms with Crippen LogP contribution in [-0.4, -0.2) is 43.0 Å². The molecule has 0 radical (unpaired) electrons. The normalized spacial score (nSPS) is 24.2. The highest BCUT2D eigenvalue weighted by molar-refractivity contribution is 6.31. The molecular formula is C21H26ClNO6. The molecule has 2 unspecified atom stereocenters. The van der Waals surface area contributed by atoms with Gasteiger partial charge in [-0.3, -0.25) is 9.69 Å². The molecule has 1 aromatic rings. The molecule has 1 aliphatic carbocycles. The second kappa shape index (κ2) is 8.32. The van der Waals surface area contributed by atoms with Crippen molar-refractivity contribution in [3.05, 3.63) is 34.9 Å². The summed E-state index contributed by atoms with van der Waals surface area (Å²) < 4.78 is 5.16. The first-order chi connectivity index (χ1) is 13.7. The lowest BCUT2D eigenvalue weighted by molar-refractivity contribution is -0.252. The standard InChI is InChI=1S/C21H26ClNO6/c1-14(20(2)12-27-13-20)18(25)28-29-19(26)23(3)21(11-7-6-10-17(21)24)15-8-4-5-9-16(15)22/h4-5,8-9,14H,6-7,10-13H2,1-3H3. The Balaban J connectivity index is 1.77. The number of Topliss-reactive ketones (excluding diaryl/α,β-unsaturated/α-hetero) is 1. The fourth-order valence-corrected chi connectivity index (χ4v) is 4.24. The number of halogens is 1. The Morgan fingerprint density at radius 2 is 1.90 bits per heavy atom. The van der Waals surface area contributed by atoms with E-state index >= 15 is 0 Å². The average molecular weight is 424 g/mol. The predicted octanol–water partition coefficient (Wildman–Crippen LogP) is 3.88. The Kier molecular flexibility index (Phi) is 6.19. The number of ether oxygens (including phenoxy) is 1. The number of nitrogens with zero attached hydrogens (tertiary/aromatic N) is 1. The quantitative estimate of drug-likeness (QED) is 0.540. The number of benzene rings is 1. The van der Waals surface area contributed by atoms with Gasteiger partial charge in [0.05, 0.1) is 19.1 Å². The van der Waals surface area contributed by atoms with Crippen LogP contribution in [0, 0.1) is 11.3 Å². The summed E-state index contributed by atoms with van der Waals surface area (Å²) in [5, 5.41) is 0.394. The largest absolute Gasteiger partial charge is 0.453 e. The minimum absolute atomic E-state index is 0.116. The zero-order chi connectivity index (χ0) is 21.2. The smallest absolute Gasteiger partial charge is 0.380 e. The molecule has 29 heavy (non-hydrogen) atoms. The average Bonchev–Trinajstić information content (AvgIpc) is 2.70. The summed E-state index contributed by atoms with van der Waals surface area (Å²) in [6.45, 7) is 4.50. The van der Waals surface area contributed by atoms with E-state index in [2.05, 4.69) is 0 Å². The van der Waals surface area contributed by atoms with E-state index < -0.39 is 23.5 Å². The Morgan fingerprint density at radius 3 is 2.48 bits per heavy atom. The molecule has 1 heterocycles. The predicted molar refractivity (Wildman–Crippen MR) is 105 cm³/mol. The summed E-state index contributed by atoms with van der Waals surface area (Å²) in [5.41, 5.74) is -1.04. The monoisotopic (exact) mass is 423 g/mol. The third-order valence-electron chi connectivity index (χ3n) is 6.28. The van der Waals surface area contributed by atoms with E-state index in [-0.39, 0.29) is 11.2 Å². The second-order valence-electron chi connectivity index (χ2n) is 8.15. The molecular weight excluding hydrogens is 398 g/mol. The van der Waals surface area contributed by atoms with Gasteiger partial charge in [-0.1, -0.05) is 43.6 Å². The van der Waals surface area contributed by atoms with Gasteiger partial charge in [0.25, 0.3) is 0 Å². The lowest BCUT2D eigenvalue weighted by Crippen LogP contribution is -2.54. The molecule has 1 amide bonds. The Bertz CT molecular complexity index is 808. The van der Waals surface area contributed by atoms with Crippen molar-refractivity contribution in [1.82, 2.24) is 4.90 Å². The molecule has 2 aliphatic rings. The summed E-state index contributed by atoms with van der Waals surface area (Å²) in [4.78, 5) is 48.9. The van der Waals surface area contributed by atoms with Crippen LogP contribution in [0.2, 0.25) is 5.02 Å². The number of hydrogen-bond donors (Lipinski definition) is 0. The first-order valence-electron chi connectivity index (χ1n) is 9.74. The summed E-state index contributed by atoms with van der Waals surface area (Å²) in [5.74, 6) is -1.27. The van der Waals surface area contributed by atoms with Crippen LogP contribution in [0.25, 0.3) is 0 Å². The van der Waals surface area contributed by atoms with Crippen molar-refractivity contribution in [2.75, 3.05) is 20.3 Å². The molecule has 1 saturated carbocycles. The van der Waals surface area contributed by atoms with Gasteiger partial charge in [-0.25, -0.2) is 19.4 Å². The van der Waals surface area contributed by atoms with Crippen molar-refractivity contribution in [3.8, 4) is 0 Å². The summed E-state index contributed by atoms with van der Waals surface area (Å²) in [7, 11) is 1.47. The van der Waals surface area contributed by atoms with Crippen LogP contribution < -0.4 is 0 Å². The molecule has 0 bridgehead atoms. The Morgan fingerprint density at radius 1 is 1.21 bits per heavy atom. The van der Waals surface area contributed by atoms with Gasteiger partial charge in [-0.15, -0.1) is 0 Å². The summed E-state index contributed by atoms with van der Waals surface area (Å²) >= 11 is 6.37.